The fraction of sp³-hybridized carbons (Fsp3) is 0.538. The molecule has 112 valence electrons. The van der Waals surface area contributed by atoms with Crippen molar-refractivity contribution in [3.63, 3.8) is 0 Å². The predicted octanol–water partition coefficient (Wildman–Crippen LogP) is 0.779. The molecule has 1 atom stereocenters. The maximum absolute atomic E-state index is 11.3. The third kappa shape index (κ3) is 3.62. The Labute approximate surface area is 119 Å². The quantitative estimate of drug-likeness (QED) is 0.800. The lowest BCUT2D eigenvalue weighted by Crippen LogP contribution is -2.30. The van der Waals surface area contributed by atoms with Crippen LogP contribution in [-0.4, -0.2) is 35.2 Å². The van der Waals surface area contributed by atoms with E-state index in [0.29, 0.717) is 5.92 Å². The predicted molar refractivity (Wildman–Crippen MR) is 79.0 cm³/mol. The van der Waals surface area contributed by atoms with E-state index in [4.69, 9.17) is 15.6 Å². The van der Waals surface area contributed by atoms with E-state index in [1.807, 2.05) is 7.05 Å². The Morgan fingerprint density at radius 3 is 2.75 bits per heavy atom. The Morgan fingerprint density at radius 2 is 2.20 bits per heavy atom. The van der Waals surface area contributed by atoms with Gasteiger partial charge in [-0.25, -0.2) is 13.6 Å². The molecule has 0 saturated carbocycles. The molecule has 1 aromatic rings. The van der Waals surface area contributed by atoms with Gasteiger partial charge in [0, 0.05) is 25.9 Å². The summed E-state index contributed by atoms with van der Waals surface area (Å²) in [4.78, 5) is 2.03. The average molecular weight is 299 g/mol. The minimum Gasteiger partial charge on any atom is -0.398 e. The lowest BCUT2D eigenvalue weighted by molar-refractivity contribution is 0.0576. The van der Waals surface area contributed by atoms with Crippen LogP contribution in [0.15, 0.2) is 23.1 Å². The molecule has 1 heterocycles. The van der Waals surface area contributed by atoms with Gasteiger partial charge in [0.25, 0.3) is 0 Å². The Morgan fingerprint density at radius 1 is 1.45 bits per heavy atom. The van der Waals surface area contributed by atoms with Crippen molar-refractivity contribution in [1.29, 1.82) is 0 Å². The molecule has 1 aliphatic heterocycles. The molecule has 0 amide bonds. The molecule has 1 aromatic carbocycles. The van der Waals surface area contributed by atoms with Gasteiger partial charge >= 0.3 is 0 Å². The molecule has 6 nitrogen and oxygen atoms in total. The van der Waals surface area contributed by atoms with Gasteiger partial charge in [-0.3, -0.25) is 0 Å². The fourth-order valence-electron chi connectivity index (χ4n) is 2.48. The van der Waals surface area contributed by atoms with E-state index in [-0.39, 0.29) is 10.6 Å². The van der Waals surface area contributed by atoms with Crippen molar-refractivity contribution in [2.75, 3.05) is 37.4 Å². The summed E-state index contributed by atoms with van der Waals surface area (Å²) >= 11 is 0. The van der Waals surface area contributed by atoms with Crippen molar-refractivity contribution >= 4 is 21.4 Å². The number of nitrogens with two attached hydrogens (primary N) is 2. The van der Waals surface area contributed by atoms with Gasteiger partial charge < -0.3 is 15.4 Å². The second-order valence-corrected chi connectivity index (χ2v) is 6.76. The summed E-state index contributed by atoms with van der Waals surface area (Å²) in [5.41, 5.74) is 6.82. The molecular weight excluding hydrogens is 278 g/mol. The normalized spacial score (nSPS) is 19.8. The van der Waals surface area contributed by atoms with Crippen LogP contribution in [0.1, 0.15) is 12.8 Å². The zero-order chi connectivity index (χ0) is 14.8. The zero-order valence-corrected chi connectivity index (χ0v) is 12.4. The van der Waals surface area contributed by atoms with Crippen LogP contribution < -0.4 is 15.8 Å². The summed E-state index contributed by atoms with van der Waals surface area (Å²) in [6.07, 6.45) is 2.24. The number of anilines is 2. The van der Waals surface area contributed by atoms with E-state index in [9.17, 15) is 8.42 Å². The van der Waals surface area contributed by atoms with Gasteiger partial charge in [0.05, 0.1) is 12.3 Å². The smallest absolute Gasteiger partial charge is 0.240 e. The van der Waals surface area contributed by atoms with Gasteiger partial charge in [-0.05, 0) is 37.0 Å². The molecule has 0 aliphatic carbocycles. The van der Waals surface area contributed by atoms with Crippen molar-refractivity contribution in [2.24, 2.45) is 11.1 Å². The largest absolute Gasteiger partial charge is 0.398 e. The number of primary sulfonamides is 1. The molecule has 1 aliphatic rings. The number of benzene rings is 1. The molecule has 0 spiro atoms. The van der Waals surface area contributed by atoms with Gasteiger partial charge in [0.2, 0.25) is 10.0 Å². The van der Waals surface area contributed by atoms with Crippen LogP contribution in [0.5, 0.6) is 0 Å². The lowest BCUT2D eigenvalue weighted by Gasteiger charge is -2.28. The first-order valence-corrected chi connectivity index (χ1v) is 8.14. The lowest BCUT2D eigenvalue weighted by atomic mass is 10.0. The van der Waals surface area contributed by atoms with Crippen molar-refractivity contribution < 1.29 is 13.2 Å². The summed E-state index contributed by atoms with van der Waals surface area (Å²) in [7, 11) is -1.81. The molecule has 20 heavy (non-hydrogen) atoms. The second kappa shape index (κ2) is 5.99. The highest BCUT2D eigenvalue weighted by Gasteiger charge is 2.18. The zero-order valence-electron chi connectivity index (χ0n) is 11.6. The highest BCUT2D eigenvalue weighted by molar-refractivity contribution is 7.89. The van der Waals surface area contributed by atoms with Crippen LogP contribution in [0, 0.1) is 5.92 Å². The molecule has 1 saturated heterocycles. The number of rotatable bonds is 4. The number of ether oxygens (including phenoxy) is 1. The first-order chi connectivity index (χ1) is 9.38. The second-order valence-electron chi connectivity index (χ2n) is 5.23. The first kappa shape index (κ1) is 15.1. The Balaban J connectivity index is 2.10. The highest BCUT2D eigenvalue weighted by atomic mass is 32.2. The molecule has 1 unspecified atom stereocenters. The standard InChI is InChI=1S/C13H21N3O3S/c1-16(8-10-3-2-6-19-9-10)11-4-5-13(12(14)7-11)20(15,17)18/h4-5,7,10H,2-3,6,8-9,14H2,1H3,(H2,15,17,18). The maximum Gasteiger partial charge on any atom is 0.240 e. The minimum atomic E-state index is -3.77. The maximum atomic E-state index is 11.3. The molecule has 0 aromatic heterocycles. The van der Waals surface area contributed by atoms with Gasteiger partial charge in [-0.15, -0.1) is 0 Å². The van der Waals surface area contributed by atoms with Crippen LogP contribution in [0.25, 0.3) is 0 Å². The van der Waals surface area contributed by atoms with Crippen molar-refractivity contribution in [3.05, 3.63) is 18.2 Å². The van der Waals surface area contributed by atoms with E-state index >= 15 is 0 Å². The van der Waals surface area contributed by atoms with Crippen LogP contribution >= 0.6 is 0 Å². The summed E-state index contributed by atoms with van der Waals surface area (Å²) < 4.78 is 28.1. The van der Waals surface area contributed by atoms with Gasteiger partial charge in [-0.1, -0.05) is 0 Å². The minimum absolute atomic E-state index is 0.0318. The Bertz CT molecular complexity index is 568. The molecule has 2 rings (SSSR count). The summed E-state index contributed by atoms with van der Waals surface area (Å²) in [5.74, 6) is 0.493. The first-order valence-electron chi connectivity index (χ1n) is 6.59. The monoisotopic (exact) mass is 299 g/mol. The molecule has 4 N–H and O–H groups in total. The fourth-order valence-corrected chi connectivity index (χ4v) is 3.12. The molecule has 1 fully saturated rings. The number of sulfonamides is 1. The Hall–Kier alpha value is -1.31. The van der Waals surface area contributed by atoms with E-state index in [2.05, 4.69) is 4.90 Å². The van der Waals surface area contributed by atoms with E-state index in [0.717, 1.165) is 38.3 Å². The van der Waals surface area contributed by atoms with Crippen molar-refractivity contribution in [3.8, 4) is 0 Å². The van der Waals surface area contributed by atoms with Gasteiger partial charge in [0.15, 0.2) is 0 Å². The van der Waals surface area contributed by atoms with Crippen LogP contribution in [-0.2, 0) is 14.8 Å². The van der Waals surface area contributed by atoms with Crippen LogP contribution in [0.3, 0.4) is 0 Å². The summed E-state index contributed by atoms with van der Waals surface area (Å²) in [6, 6.07) is 4.82. The molecular formula is C13H21N3O3S. The van der Waals surface area contributed by atoms with Gasteiger partial charge in [0.1, 0.15) is 4.90 Å². The van der Waals surface area contributed by atoms with E-state index in [1.165, 1.54) is 6.07 Å². The van der Waals surface area contributed by atoms with Gasteiger partial charge in [-0.2, -0.15) is 0 Å². The topological polar surface area (TPSA) is 98.6 Å². The van der Waals surface area contributed by atoms with Crippen molar-refractivity contribution in [2.45, 2.75) is 17.7 Å². The molecule has 7 heteroatoms. The Kier molecular flexibility index (Phi) is 4.52. The average Bonchev–Trinajstić information content (AvgIpc) is 2.38. The van der Waals surface area contributed by atoms with E-state index in [1.54, 1.807) is 12.1 Å². The number of hydrogen-bond donors (Lipinski definition) is 2. The van der Waals surface area contributed by atoms with Crippen LogP contribution in [0.2, 0.25) is 0 Å². The third-order valence-corrected chi connectivity index (χ3v) is 4.51. The molecule has 0 radical (unpaired) electrons. The summed E-state index contributed by atoms with van der Waals surface area (Å²) in [5, 5.41) is 5.10. The number of nitrogens with zero attached hydrogens (tertiary/aromatic N) is 1. The van der Waals surface area contributed by atoms with Crippen LogP contribution in [0.4, 0.5) is 11.4 Å². The van der Waals surface area contributed by atoms with E-state index < -0.39 is 10.0 Å². The van der Waals surface area contributed by atoms with Crippen molar-refractivity contribution in [1.82, 2.24) is 0 Å². The number of hydrogen-bond acceptors (Lipinski definition) is 5. The third-order valence-electron chi connectivity index (χ3n) is 3.53. The summed E-state index contributed by atoms with van der Waals surface area (Å²) in [6.45, 7) is 2.47. The molecule has 0 bridgehead atoms. The highest BCUT2D eigenvalue weighted by Crippen LogP contribution is 2.25. The number of nitrogen functional groups attached to an aromatic ring is 1. The SMILES string of the molecule is CN(CC1CCCOC1)c1ccc(S(N)(=O)=O)c(N)c1.